The van der Waals surface area contributed by atoms with Gasteiger partial charge in [0.25, 0.3) is 0 Å². The zero-order valence-corrected chi connectivity index (χ0v) is 12.0. The molecule has 5 heteroatoms. The van der Waals surface area contributed by atoms with Crippen LogP contribution < -0.4 is 14.8 Å². The van der Waals surface area contributed by atoms with Gasteiger partial charge in [-0.3, -0.25) is 4.68 Å². The molecule has 20 heavy (non-hydrogen) atoms. The molecular formula is C15H19N3O2. The maximum absolute atomic E-state index is 5.80. The minimum Gasteiger partial charge on any atom is -0.496 e. The summed E-state index contributed by atoms with van der Waals surface area (Å²) in [6, 6.07) is 6.08. The summed E-state index contributed by atoms with van der Waals surface area (Å²) in [4.78, 5) is 0. The summed E-state index contributed by atoms with van der Waals surface area (Å²) in [6.07, 6.45) is 3.10. The van der Waals surface area contributed by atoms with Crippen molar-refractivity contribution in [2.24, 2.45) is 7.05 Å². The van der Waals surface area contributed by atoms with E-state index in [1.807, 2.05) is 19.3 Å². The average Bonchev–Trinajstić information content (AvgIpc) is 2.99. The maximum Gasteiger partial charge on any atom is 0.148 e. The molecule has 2 aromatic rings. The van der Waals surface area contributed by atoms with Crippen molar-refractivity contribution >= 4 is 5.82 Å². The van der Waals surface area contributed by atoms with Crippen LogP contribution in [0.2, 0.25) is 0 Å². The van der Waals surface area contributed by atoms with Crippen molar-refractivity contribution in [1.82, 2.24) is 9.78 Å². The van der Waals surface area contributed by atoms with Crippen LogP contribution in [-0.2, 0) is 20.0 Å². The van der Waals surface area contributed by atoms with Crippen LogP contribution in [0.4, 0.5) is 5.82 Å². The Morgan fingerprint density at radius 3 is 3.05 bits per heavy atom. The predicted molar refractivity (Wildman–Crippen MR) is 77.3 cm³/mol. The third-order valence-electron chi connectivity index (χ3n) is 3.47. The molecular weight excluding hydrogens is 254 g/mol. The molecule has 106 valence electrons. The fraction of sp³-hybridized carbons (Fsp3) is 0.400. The first-order valence-corrected chi connectivity index (χ1v) is 6.75. The van der Waals surface area contributed by atoms with Crippen LogP contribution in [0.5, 0.6) is 11.5 Å². The number of benzene rings is 1. The number of aryl methyl sites for hydroxylation is 1. The van der Waals surface area contributed by atoms with E-state index in [9.17, 15) is 0 Å². The largest absolute Gasteiger partial charge is 0.496 e. The van der Waals surface area contributed by atoms with Crippen LogP contribution in [0.25, 0.3) is 0 Å². The number of fused-ring (bicyclic) bond motifs is 1. The van der Waals surface area contributed by atoms with Gasteiger partial charge >= 0.3 is 0 Å². The molecule has 0 saturated carbocycles. The summed E-state index contributed by atoms with van der Waals surface area (Å²) in [6.45, 7) is 2.74. The van der Waals surface area contributed by atoms with E-state index in [0.717, 1.165) is 29.3 Å². The number of hydrogen-bond acceptors (Lipinski definition) is 4. The molecule has 1 unspecified atom stereocenters. The number of nitrogens with zero attached hydrogens (tertiary/aromatic N) is 2. The molecule has 0 bridgehead atoms. The number of anilines is 1. The second kappa shape index (κ2) is 5.07. The Morgan fingerprint density at radius 1 is 1.50 bits per heavy atom. The van der Waals surface area contributed by atoms with E-state index in [4.69, 9.17) is 9.47 Å². The second-order valence-electron chi connectivity index (χ2n) is 5.13. The van der Waals surface area contributed by atoms with Crippen molar-refractivity contribution in [3.8, 4) is 11.5 Å². The highest BCUT2D eigenvalue weighted by Crippen LogP contribution is 2.35. The van der Waals surface area contributed by atoms with E-state index in [2.05, 4.69) is 29.5 Å². The van der Waals surface area contributed by atoms with Crippen molar-refractivity contribution in [2.75, 3.05) is 12.4 Å². The topological polar surface area (TPSA) is 48.3 Å². The number of ether oxygens (including phenoxy) is 2. The van der Waals surface area contributed by atoms with Crippen molar-refractivity contribution < 1.29 is 9.47 Å². The first-order chi connectivity index (χ1) is 9.65. The van der Waals surface area contributed by atoms with E-state index < -0.39 is 0 Å². The molecule has 5 nitrogen and oxygen atoms in total. The van der Waals surface area contributed by atoms with Crippen LogP contribution in [0.15, 0.2) is 24.4 Å². The third-order valence-corrected chi connectivity index (χ3v) is 3.47. The summed E-state index contributed by atoms with van der Waals surface area (Å²) in [5.41, 5.74) is 2.29. The Balaban J connectivity index is 1.80. The Morgan fingerprint density at radius 2 is 2.35 bits per heavy atom. The van der Waals surface area contributed by atoms with Crippen LogP contribution in [0, 0.1) is 0 Å². The quantitative estimate of drug-likeness (QED) is 0.929. The molecule has 1 aliphatic rings. The van der Waals surface area contributed by atoms with Crippen LogP contribution in [-0.4, -0.2) is 23.0 Å². The standard InChI is InChI=1S/C15H19N3O2/c1-10-6-11-7-13(19-3)12(8-14(11)20-10)9-16-15-4-5-18(2)17-15/h4-5,7-8,10H,6,9H2,1-3H3,(H,16,17). The van der Waals surface area contributed by atoms with Crippen molar-refractivity contribution in [1.29, 1.82) is 0 Å². The molecule has 1 N–H and O–H groups in total. The Kier molecular flexibility index (Phi) is 3.26. The molecule has 0 amide bonds. The highest BCUT2D eigenvalue weighted by molar-refractivity contribution is 5.50. The van der Waals surface area contributed by atoms with Crippen molar-refractivity contribution in [2.45, 2.75) is 26.0 Å². The second-order valence-corrected chi connectivity index (χ2v) is 5.13. The van der Waals surface area contributed by atoms with Crippen LogP contribution in [0.3, 0.4) is 0 Å². The molecule has 1 aromatic carbocycles. The summed E-state index contributed by atoms with van der Waals surface area (Å²) >= 11 is 0. The lowest BCUT2D eigenvalue weighted by atomic mass is 10.1. The molecule has 3 rings (SSSR count). The van der Waals surface area contributed by atoms with Crippen LogP contribution >= 0.6 is 0 Å². The molecule has 2 heterocycles. The number of hydrogen-bond donors (Lipinski definition) is 1. The fourth-order valence-electron chi connectivity index (χ4n) is 2.50. The van der Waals surface area contributed by atoms with Crippen molar-refractivity contribution in [3.63, 3.8) is 0 Å². The molecule has 1 atom stereocenters. The van der Waals surface area contributed by atoms with Gasteiger partial charge in [-0.25, -0.2) is 0 Å². The summed E-state index contributed by atoms with van der Waals surface area (Å²) < 4.78 is 13.0. The first-order valence-electron chi connectivity index (χ1n) is 6.75. The highest BCUT2D eigenvalue weighted by Gasteiger charge is 2.21. The lowest BCUT2D eigenvalue weighted by Crippen LogP contribution is -2.05. The number of methoxy groups -OCH3 is 1. The molecule has 1 aromatic heterocycles. The number of rotatable bonds is 4. The number of nitrogens with one attached hydrogen (secondary N) is 1. The van der Waals surface area contributed by atoms with Gasteiger partial charge < -0.3 is 14.8 Å². The molecule has 0 aliphatic carbocycles. The Bertz CT molecular complexity index is 622. The van der Waals surface area contributed by atoms with Gasteiger partial charge in [0.2, 0.25) is 0 Å². The van der Waals surface area contributed by atoms with Gasteiger partial charge in [-0.1, -0.05) is 0 Å². The van der Waals surface area contributed by atoms with E-state index in [-0.39, 0.29) is 6.10 Å². The zero-order chi connectivity index (χ0) is 14.1. The monoisotopic (exact) mass is 273 g/mol. The zero-order valence-electron chi connectivity index (χ0n) is 12.0. The molecule has 0 radical (unpaired) electrons. The van der Waals surface area contributed by atoms with Crippen molar-refractivity contribution in [3.05, 3.63) is 35.5 Å². The summed E-state index contributed by atoms with van der Waals surface area (Å²) in [5.74, 6) is 2.71. The van der Waals surface area contributed by atoms with Gasteiger partial charge in [-0.15, -0.1) is 0 Å². The Hall–Kier alpha value is -2.17. The molecule has 0 fully saturated rings. The lowest BCUT2D eigenvalue weighted by molar-refractivity contribution is 0.254. The van der Waals surface area contributed by atoms with Gasteiger partial charge in [0.1, 0.15) is 23.4 Å². The Labute approximate surface area is 118 Å². The summed E-state index contributed by atoms with van der Waals surface area (Å²) in [7, 11) is 3.60. The smallest absolute Gasteiger partial charge is 0.148 e. The fourth-order valence-corrected chi connectivity index (χ4v) is 2.50. The minimum absolute atomic E-state index is 0.244. The average molecular weight is 273 g/mol. The molecule has 1 aliphatic heterocycles. The van der Waals surface area contributed by atoms with Gasteiger partial charge in [0.05, 0.1) is 7.11 Å². The normalized spacial score (nSPS) is 16.6. The molecule has 0 saturated heterocycles. The van der Waals surface area contributed by atoms with Gasteiger partial charge in [-0.2, -0.15) is 5.10 Å². The summed E-state index contributed by atoms with van der Waals surface area (Å²) in [5, 5.41) is 7.59. The number of aromatic nitrogens is 2. The predicted octanol–water partition coefficient (Wildman–Crippen LogP) is 2.36. The minimum atomic E-state index is 0.244. The van der Waals surface area contributed by atoms with E-state index >= 15 is 0 Å². The highest BCUT2D eigenvalue weighted by atomic mass is 16.5. The lowest BCUT2D eigenvalue weighted by Gasteiger charge is -2.11. The van der Waals surface area contributed by atoms with Gasteiger partial charge in [0.15, 0.2) is 0 Å². The van der Waals surface area contributed by atoms with Crippen LogP contribution in [0.1, 0.15) is 18.1 Å². The van der Waals surface area contributed by atoms with E-state index in [1.54, 1.807) is 11.8 Å². The SMILES string of the molecule is COc1cc2c(cc1CNc1ccn(C)n1)OC(C)C2. The van der Waals surface area contributed by atoms with Gasteiger partial charge in [-0.05, 0) is 19.1 Å². The molecule has 0 spiro atoms. The van der Waals surface area contributed by atoms with Gasteiger partial charge in [0, 0.05) is 43.4 Å². The van der Waals surface area contributed by atoms with E-state index in [1.165, 1.54) is 5.56 Å². The first kappa shape index (κ1) is 12.8. The maximum atomic E-state index is 5.80. The third kappa shape index (κ3) is 2.43. The van der Waals surface area contributed by atoms with E-state index in [0.29, 0.717) is 6.54 Å².